The summed E-state index contributed by atoms with van der Waals surface area (Å²) in [6, 6.07) is 15.4. The van der Waals surface area contributed by atoms with Gasteiger partial charge < -0.3 is 9.84 Å². The lowest BCUT2D eigenvalue weighted by atomic mass is 9.86. The van der Waals surface area contributed by atoms with Crippen LogP contribution in [-0.4, -0.2) is 22.2 Å². The van der Waals surface area contributed by atoms with Crippen molar-refractivity contribution in [1.29, 1.82) is 0 Å². The Balaban J connectivity index is 1.91. The van der Waals surface area contributed by atoms with E-state index >= 15 is 0 Å². The fourth-order valence-corrected chi connectivity index (χ4v) is 3.87. The lowest BCUT2D eigenvalue weighted by molar-refractivity contribution is 0.0697. The maximum atomic E-state index is 12.1. The van der Waals surface area contributed by atoms with Gasteiger partial charge >= 0.3 is 5.97 Å². The first-order valence-electron chi connectivity index (χ1n) is 9.66. The number of para-hydroxylation sites is 2. The van der Waals surface area contributed by atoms with Crippen LogP contribution >= 0.6 is 0 Å². The smallest absolute Gasteiger partial charge is 0.336 e. The van der Waals surface area contributed by atoms with E-state index in [9.17, 15) is 9.90 Å². The van der Waals surface area contributed by atoms with Crippen molar-refractivity contribution in [3.05, 3.63) is 70.9 Å². The van der Waals surface area contributed by atoms with E-state index in [2.05, 4.69) is 6.08 Å². The number of ether oxygens (including phenoxy) is 1. The normalized spacial score (nSPS) is 15.0. The summed E-state index contributed by atoms with van der Waals surface area (Å²) in [6.07, 6.45) is 4.69. The van der Waals surface area contributed by atoms with Gasteiger partial charge in [0.05, 0.1) is 22.9 Å². The fraction of sp³-hybridized carbons (Fsp3) is 0.250. The third-order valence-electron chi connectivity index (χ3n) is 5.00. The zero-order valence-corrected chi connectivity index (χ0v) is 16.1. The third-order valence-corrected chi connectivity index (χ3v) is 5.00. The molecule has 28 heavy (non-hydrogen) atoms. The number of pyridine rings is 1. The Hall–Kier alpha value is -3.14. The predicted molar refractivity (Wildman–Crippen MR) is 112 cm³/mol. The molecule has 1 aliphatic rings. The van der Waals surface area contributed by atoms with Crippen LogP contribution in [0.15, 0.2) is 48.5 Å². The lowest BCUT2D eigenvalue weighted by Gasteiger charge is -2.22. The second-order valence-corrected chi connectivity index (χ2v) is 7.36. The summed E-state index contributed by atoms with van der Waals surface area (Å²) < 4.78 is 5.95. The zero-order chi connectivity index (χ0) is 19.7. The monoisotopic (exact) mass is 373 g/mol. The molecule has 4 heteroatoms. The van der Waals surface area contributed by atoms with E-state index in [-0.39, 0.29) is 6.10 Å². The van der Waals surface area contributed by atoms with Gasteiger partial charge in [-0.05, 0) is 62.5 Å². The van der Waals surface area contributed by atoms with Crippen LogP contribution < -0.4 is 4.74 Å². The topological polar surface area (TPSA) is 59.4 Å². The number of carboxylic acid groups (broad SMARTS) is 1. The van der Waals surface area contributed by atoms with E-state index in [4.69, 9.17) is 9.72 Å². The van der Waals surface area contributed by atoms with Gasteiger partial charge in [-0.25, -0.2) is 9.78 Å². The van der Waals surface area contributed by atoms with E-state index in [1.807, 2.05) is 62.4 Å². The Morgan fingerprint density at radius 2 is 1.86 bits per heavy atom. The number of fused-ring (bicyclic) bond motifs is 2. The van der Waals surface area contributed by atoms with Gasteiger partial charge in [0.25, 0.3) is 0 Å². The number of allylic oxidation sites excluding steroid dienone is 1. The van der Waals surface area contributed by atoms with Gasteiger partial charge in [0, 0.05) is 10.9 Å². The quantitative estimate of drug-likeness (QED) is 0.647. The molecule has 4 nitrogen and oxygen atoms in total. The van der Waals surface area contributed by atoms with E-state index in [1.165, 1.54) is 0 Å². The second-order valence-electron chi connectivity index (χ2n) is 7.36. The predicted octanol–water partition coefficient (Wildman–Crippen LogP) is 5.60. The number of rotatable bonds is 4. The number of hydrogen-bond acceptors (Lipinski definition) is 3. The van der Waals surface area contributed by atoms with E-state index < -0.39 is 5.97 Å². The van der Waals surface area contributed by atoms with Crippen molar-refractivity contribution in [2.24, 2.45) is 0 Å². The zero-order valence-electron chi connectivity index (χ0n) is 16.1. The molecular weight excluding hydrogens is 350 g/mol. The summed E-state index contributed by atoms with van der Waals surface area (Å²) in [5, 5.41) is 10.6. The molecule has 0 saturated heterocycles. The summed E-state index contributed by atoms with van der Waals surface area (Å²) in [5.74, 6) is -0.0592. The summed E-state index contributed by atoms with van der Waals surface area (Å²) >= 11 is 0. The van der Waals surface area contributed by atoms with Crippen LogP contribution in [0.3, 0.4) is 0 Å². The highest BCUT2D eigenvalue weighted by Crippen LogP contribution is 2.37. The first-order valence-corrected chi connectivity index (χ1v) is 9.66. The molecule has 0 saturated carbocycles. The van der Waals surface area contributed by atoms with Crippen molar-refractivity contribution < 1.29 is 14.6 Å². The molecular formula is C24H23NO3. The number of benzene rings is 2. The highest BCUT2D eigenvalue weighted by Gasteiger charge is 2.25. The first kappa shape index (κ1) is 18.2. The van der Waals surface area contributed by atoms with E-state index in [1.54, 1.807) is 0 Å². The van der Waals surface area contributed by atoms with Gasteiger partial charge in [-0.1, -0.05) is 36.4 Å². The molecule has 0 aliphatic heterocycles. The van der Waals surface area contributed by atoms with Gasteiger partial charge in [-0.2, -0.15) is 0 Å². The van der Waals surface area contributed by atoms with Gasteiger partial charge in [-0.15, -0.1) is 0 Å². The number of aromatic carboxylic acids is 1. The molecule has 1 aromatic heterocycles. The number of nitrogens with zero attached hydrogens (tertiary/aromatic N) is 1. The highest BCUT2D eigenvalue weighted by molar-refractivity contribution is 6.05. The Bertz CT molecular complexity index is 1080. The van der Waals surface area contributed by atoms with Crippen molar-refractivity contribution in [1.82, 2.24) is 4.98 Å². The lowest BCUT2D eigenvalue weighted by Crippen LogP contribution is -2.13. The maximum Gasteiger partial charge on any atom is 0.336 e. The minimum atomic E-state index is -0.889. The average Bonchev–Trinajstić information content (AvgIpc) is 2.67. The molecule has 0 radical (unpaired) electrons. The van der Waals surface area contributed by atoms with Crippen LogP contribution in [-0.2, 0) is 6.42 Å². The van der Waals surface area contributed by atoms with Crippen molar-refractivity contribution in [2.75, 3.05) is 0 Å². The molecule has 142 valence electrons. The molecule has 0 unspecified atom stereocenters. The van der Waals surface area contributed by atoms with Crippen molar-refractivity contribution >= 4 is 28.5 Å². The molecule has 0 atom stereocenters. The number of carboxylic acids is 1. The first-order chi connectivity index (χ1) is 13.5. The summed E-state index contributed by atoms with van der Waals surface area (Å²) in [7, 11) is 0. The molecule has 1 aliphatic carbocycles. The van der Waals surface area contributed by atoms with Crippen molar-refractivity contribution in [2.45, 2.75) is 39.2 Å². The molecule has 0 bridgehead atoms. The standard InChI is InChI=1S/C24H23NO3/c1-15(2)28-21-13-6-3-8-16(21)14-17-9-7-11-19-22(24(26)27)18-10-4-5-12-20(18)25-23(17)19/h3-6,8,10,12-15H,7,9,11H2,1-2H3,(H,26,27). The summed E-state index contributed by atoms with van der Waals surface area (Å²) in [6.45, 7) is 4.01. The minimum Gasteiger partial charge on any atom is -0.490 e. The van der Waals surface area contributed by atoms with E-state index in [0.29, 0.717) is 10.9 Å². The van der Waals surface area contributed by atoms with Gasteiger partial charge in [-0.3, -0.25) is 0 Å². The van der Waals surface area contributed by atoms with Crippen LogP contribution in [0.2, 0.25) is 0 Å². The summed E-state index contributed by atoms with van der Waals surface area (Å²) in [5.41, 5.74) is 4.81. The van der Waals surface area contributed by atoms with Crippen molar-refractivity contribution in [3.63, 3.8) is 0 Å². The van der Waals surface area contributed by atoms with Crippen LogP contribution in [0.4, 0.5) is 0 Å². The highest BCUT2D eigenvalue weighted by atomic mass is 16.5. The Morgan fingerprint density at radius 1 is 1.11 bits per heavy atom. The fourth-order valence-electron chi connectivity index (χ4n) is 3.87. The molecule has 0 spiro atoms. The maximum absolute atomic E-state index is 12.1. The Morgan fingerprint density at radius 3 is 2.64 bits per heavy atom. The summed E-state index contributed by atoms with van der Waals surface area (Å²) in [4.78, 5) is 16.9. The number of hydrogen-bond donors (Lipinski definition) is 1. The van der Waals surface area contributed by atoms with Crippen LogP contribution in [0, 0.1) is 0 Å². The second kappa shape index (κ2) is 7.47. The van der Waals surface area contributed by atoms with Gasteiger partial charge in [0.1, 0.15) is 5.75 Å². The molecule has 1 heterocycles. The molecule has 4 rings (SSSR count). The molecule has 1 N–H and O–H groups in total. The molecule has 2 aromatic carbocycles. The molecule has 0 amide bonds. The Kier molecular flexibility index (Phi) is 4.86. The third kappa shape index (κ3) is 3.38. The SMILES string of the molecule is CC(C)Oc1ccccc1C=C1CCCc2c1nc1ccccc1c2C(=O)O. The Labute approximate surface area is 164 Å². The van der Waals surface area contributed by atoms with Crippen molar-refractivity contribution in [3.8, 4) is 5.75 Å². The number of aromatic nitrogens is 1. The van der Waals surface area contributed by atoms with Crippen LogP contribution in [0.1, 0.15) is 53.9 Å². The van der Waals surface area contributed by atoms with Gasteiger partial charge in [0.2, 0.25) is 0 Å². The van der Waals surface area contributed by atoms with Gasteiger partial charge in [0.15, 0.2) is 0 Å². The number of carbonyl (C=O) groups is 1. The van der Waals surface area contributed by atoms with Crippen LogP contribution in [0.25, 0.3) is 22.6 Å². The minimum absolute atomic E-state index is 0.0823. The average molecular weight is 373 g/mol. The largest absolute Gasteiger partial charge is 0.490 e. The molecule has 0 fully saturated rings. The molecule has 3 aromatic rings. The van der Waals surface area contributed by atoms with E-state index in [0.717, 1.165) is 52.9 Å². The van der Waals surface area contributed by atoms with Crippen LogP contribution in [0.5, 0.6) is 5.75 Å².